The third-order valence-corrected chi connectivity index (χ3v) is 3.59. The monoisotopic (exact) mass is 282 g/mol. The number of esters is 2. The van der Waals surface area contributed by atoms with Crippen LogP contribution in [0.4, 0.5) is 0 Å². The molecule has 0 fully saturated rings. The molecule has 0 N–H and O–H groups in total. The van der Waals surface area contributed by atoms with Crippen LogP contribution in [-0.2, 0) is 19.7 Å². The van der Waals surface area contributed by atoms with E-state index in [2.05, 4.69) is 0 Å². The van der Waals surface area contributed by atoms with Gasteiger partial charge in [0.15, 0.2) is 0 Å². The summed E-state index contributed by atoms with van der Waals surface area (Å²) in [4.78, 5) is 25.2. The molecular weight excluding hydrogens is 268 g/mol. The largest absolute Gasteiger partial charge is 0.465 e. The van der Waals surface area contributed by atoms with Gasteiger partial charge in [-0.05, 0) is 18.6 Å². The highest BCUT2D eigenvalue weighted by Gasteiger charge is 2.57. The molecule has 4 nitrogen and oxygen atoms in total. The number of fused-ring (bicyclic) bond motifs is 1. The summed E-state index contributed by atoms with van der Waals surface area (Å²) in [5.74, 6) is -0.820. The Balaban J connectivity index is 2.28. The van der Waals surface area contributed by atoms with Gasteiger partial charge in [-0.2, -0.15) is 0 Å². The lowest BCUT2D eigenvalue weighted by molar-refractivity contribution is -0.155. The molecule has 1 aliphatic heterocycles. The predicted octanol–water partition coefficient (Wildman–Crippen LogP) is 2.45. The Labute approximate surface area is 122 Å². The van der Waals surface area contributed by atoms with E-state index < -0.39 is 17.4 Å². The Morgan fingerprint density at radius 1 is 1.10 bits per heavy atom. The Kier molecular flexibility index (Phi) is 3.22. The first-order valence-corrected chi connectivity index (χ1v) is 6.75. The average molecular weight is 282 g/mol. The average Bonchev–Trinajstić information content (AvgIpc) is 2.81. The molecule has 0 bridgehead atoms. The molecule has 106 valence electrons. The fourth-order valence-electron chi connectivity index (χ4n) is 2.66. The van der Waals surface area contributed by atoms with E-state index in [1.54, 1.807) is 55.5 Å². The molecule has 4 heteroatoms. The highest BCUT2D eigenvalue weighted by molar-refractivity contribution is 6.13. The topological polar surface area (TPSA) is 52.6 Å². The molecule has 1 atom stereocenters. The van der Waals surface area contributed by atoms with Gasteiger partial charge in [-0.3, -0.25) is 4.79 Å². The van der Waals surface area contributed by atoms with Crippen molar-refractivity contribution in [1.82, 2.24) is 0 Å². The number of hydrogen-bond acceptors (Lipinski definition) is 4. The molecule has 0 saturated heterocycles. The van der Waals surface area contributed by atoms with Gasteiger partial charge in [-0.15, -0.1) is 0 Å². The summed E-state index contributed by atoms with van der Waals surface area (Å²) < 4.78 is 10.5. The lowest BCUT2D eigenvalue weighted by Crippen LogP contribution is -2.44. The van der Waals surface area contributed by atoms with Gasteiger partial charge < -0.3 is 9.47 Å². The second-order valence-corrected chi connectivity index (χ2v) is 4.72. The van der Waals surface area contributed by atoms with E-state index >= 15 is 0 Å². The number of hydrogen-bond donors (Lipinski definition) is 0. The molecule has 3 rings (SSSR count). The zero-order valence-corrected chi connectivity index (χ0v) is 11.5. The summed E-state index contributed by atoms with van der Waals surface area (Å²) in [7, 11) is 0. The molecular formula is C17H14O4. The van der Waals surface area contributed by atoms with E-state index in [4.69, 9.17) is 9.47 Å². The SMILES string of the molecule is CCOC(=O)[C@@]1(c2ccccc2)C(=O)Oc2ccccc21. The van der Waals surface area contributed by atoms with E-state index in [0.717, 1.165) is 0 Å². The Morgan fingerprint density at radius 3 is 2.48 bits per heavy atom. The van der Waals surface area contributed by atoms with Gasteiger partial charge in [0.25, 0.3) is 0 Å². The molecule has 2 aromatic rings. The van der Waals surface area contributed by atoms with Gasteiger partial charge >= 0.3 is 11.9 Å². The van der Waals surface area contributed by atoms with Gasteiger partial charge in [0.05, 0.1) is 6.61 Å². The molecule has 21 heavy (non-hydrogen) atoms. The molecule has 1 heterocycles. The second kappa shape index (κ2) is 5.05. The van der Waals surface area contributed by atoms with Crippen LogP contribution in [0.5, 0.6) is 5.75 Å². The van der Waals surface area contributed by atoms with Crippen molar-refractivity contribution >= 4 is 11.9 Å². The van der Waals surface area contributed by atoms with Crippen LogP contribution < -0.4 is 4.74 Å². The van der Waals surface area contributed by atoms with Crippen LogP contribution in [-0.4, -0.2) is 18.5 Å². The molecule has 1 aliphatic rings. The maximum Gasteiger partial charge on any atom is 0.338 e. The Hall–Kier alpha value is -2.62. The van der Waals surface area contributed by atoms with Crippen LogP contribution in [0.25, 0.3) is 0 Å². The molecule has 0 amide bonds. The number of rotatable bonds is 3. The molecule has 0 unspecified atom stereocenters. The second-order valence-electron chi connectivity index (χ2n) is 4.72. The highest BCUT2D eigenvalue weighted by atomic mass is 16.6. The van der Waals surface area contributed by atoms with Gasteiger partial charge in [-0.1, -0.05) is 48.5 Å². The summed E-state index contributed by atoms with van der Waals surface area (Å²) >= 11 is 0. The van der Waals surface area contributed by atoms with Crippen molar-refractivity contribution in [3.8, 4) is 5.75 Å². The number of carbonyl (C=O) groups excluding carboxylic acids is 2. The van der Waals surface area contributed by atoms with Crippen LogP contribution >= 0.6 is 0 Å². The van der Waals surface area contributed by atoms with Crippen molar-refractivity contribution in [2.75, 3.05) is 6.61 Å². The molecule has 0 aromatic heterocycles. The molecule has 0 aliphatic carbocycles. The lowest BCUT2D eigenvalue weighted by atomic mass is 9.75. The van der Waals surface area contributed by atoms with Crippen molar-refractivity contribution in [3.05, 3.63) is 65.7 Å². The number of carbonyl (C=O) groups is 2. The van der Waals surface area contributed by atoms with E-state index in [0.29, 0.717) is 16.9 Å². The van der Waals surface area contributed by atoms with E-state index in [1.807, 2.05) is 6.07 Å². The first-order chi connectivity index (χ1) is 10.2. The smallest absolute Gasteiger partial charge is 0.338 e. The van der Waals surface area contributed by atoms with Gasteiger partial charge in [-0.25, -0.2) is 4.79 Å². The Bertz CT molecular complexity index is 693. The number of ether oxygens (including phenoxy) is 2. The quantitative estimate of drug-likeness (QED) is 0.493. The molecule has 0 spiro atoms. The van der Waals surface area contributed by atoms with Crippen molar-refractivity contribution in [2.24, 2.45) is 0 Å². The highest BCUT2D eigenvalue weighted by Crippen LogP contribution is 2.45. The third-order valence-electron chi connectivity index (χ3n) is 3.59. The summed E-state index contributed by atoms with van der Waals surface area (Å²) in [6.07, 6.45) is 0. The van der Waals surface area contributed by atoms with Crippen molar-refractivity contribution < 1.29 is 19.1 Å². The van der Waals surface area contributed by atoms with Crippen LogP contribution in [0.15, 0.2) is 54.6 Å². The maximum absolute atomic E-state index is 12.6. The minimum Gasteiger partial charge on any atom is -0.465 e. The van der Waals surface area contributed by atoms with E-state index in [9.17, 15) is 9.59 Å². The maximum atomic E-state index is 12.6. The minimum absolute atomic E-state index is 0.197. The van der Waals surface area contributed by atoms with Crippen LogP contribution in [0.2, 0.25) is 0 Å². The standard InChI is InChI=1S/C17H14O4/c1-2-20-15(18)17(12-8-4-3-5-9-12)13-10-6-7-11-14(13)21-16(17)19/h3-11H,2H2,1H3/t17-/m0/s1. The van der Waals surface area contributed by atoms with Crippen molar-refractivity contribution in [3.63, 3.8) is 0 Å². The molecule has 0 saturated carbocycles. The predicted molar refractivity (Wildman–Crippen MR) is 75.9 cm³/mol. The molecule has 2 aromatic carbocycles. The zero-order chi connectivity index (χ0) is 14.9. The van der Waals surface area contributed by atoms with Gasteiger partial charge in [0.1, 0.15) is 5.75 Å². The summed E-state index contributed by atoms with van der Waals surface area (Å²) in [5.41, 5.74) is -0.452. The fraction of sp³-hybridized carbons (Fsp3) is 0.176. The third kappa shape index (κ3) is 1.83. The van der Waals surface area contributed by atoms with Crippen molar-refractivity contribution in [2.45, 2.75) is 12.3 Å². The van der Waals surface area contributed by atoms with Crippen LogP contribution in [0.1, 0.15) is 18.1 Å². The first-order valence-electron chi connectivity index (χ1n) is 6.75. The number of benzene rings is 2. The summed E-state index contributed by atoms with van der Waals surface area (Å²) in [5, 5.41) is 0. The van der Waals surface area contributed by atoms with Gasteiger partial charge in [0.2, 0.25) is 5.41 Å². The van der Waals surface area contributed by atoms with Crippen LogP contribution in [0.3, 0.4) is 0 Å². The normalized spacial score (nSPS) is 19.8. The van der Waals surface area contributed by atoms with Crippen molar-refractivity contribution in [1.29, 1.82) is 0 Å². The molecule has 0 radical (unpaired) electrons. The summed E-state index contributed by atoms with van der Waals surface area (Å²) in [6.45, 7) is 1.91. The first kappa shape index (κ1) is 13.4. The minimum atomic E-state index is -1.53. The van der Waals surface area contributed by atoms with E-state index in [-0.39, 0.29) is 6.61 Å². The number of para-hydroxylation sites is 1. The lowest BCUT2D eigenvalue weighted by Gasteiger charge is -2.24. The Morgan fingerprint density at radius 2 is 1.76 bits per heavy atom. The van der Waals surface area contributed by atoms with Crippen LogP contribution in [0, 0.1) is 0 Å². The van der Waals surface area contributed by atoms with E-state index in [1.165, 1.54) is 0 Å². The fourth-order valence-corrected chi connectivity index (χ4v) is 2.66. The van der Waals surface area contributed by atoms with Gasteiger partial charge in [0, 0.05) is 5.56 Å². The zero-order valence-electron chi connectivity index (χ0n) is 11.5. The summed E-state index contributed by atoms with van der Waals surface area (Å²) in [6, 6.07) is 15.8.